The van der Waals surface area contributed by atoms with E-state index in [0.29, 0.717) is 18.8 Å². The molecule has 2 aromatic carbocycles. The van der Waals surface area contributed by atoms with Crippen LogP contribution in [0.4, 0.5) is 11.4 Å². The van der Waals surface area contributed by atoms with E-state index in [0.717, 1.165) is 13.1 Å². The molecule has 2 aromatic rings. The molecule has 1 fully saturated rings. The molecular weight excluding hydrogens is 374 g/mol. The summed E-state index contributed by atoms with van der Waals surface area (Å²) in [6, 6.07) is 16.4. The van der Waals surface area contributed by atoms with Gasteiger partial charge in [-0.05, 0) is 36.4 Å². The molecule has 0 atom stereocenters. The summed E-state index contributed by atoms with van der Waals surface area (Å²) in [7, 11) is -3.51. The summed E-state index contributed by atoms with van der Waals surface area (Å²) < 4.78 is 27.1. The number of hydrogen-bond acceptors (Lipinski definition) is 3. The van der Waals surface area contributed by atoms with Crippen LogP contribution in [0.1, 0.15) is 6.92 Å². The largest absolute Gasteiger partial charge is 1.00 e. The van der Waals surface area contributed by atoms with Gasteiger partial charge in [0, 0.05) is 12.6 Å². The van der Waals surface area contributed by atoms with E-state index in [4.69, 9.17) is 0 Å². The van der Waals surface area contributed by atoms with Crippen LogP contribution in [0.5, 0.6) is 0 Å². The van der Waals surface area contributed by atoms with Crippen LogP contribution in [-0.2, 0) is 14.8 Å². The number of carbonyl (C=O) groups is 1. The molecule has 0 unspecified atom stereocenters. The van der Waals surface area contributed by atoms with Crippen molar-refractivity contribution in [2.75, 3.05) is 31.5 Å². The van der Waals surface area contributed by atoms with Gasteiger partial charge in [-0.25, -0.2) is 8.42 Å². The number of nitrogens with one attached hydrogen (secondary N) is 2. The minimum Gasteiger partial charge on any atom is -1.00 e. The van der Waals surface area contributed by atoms with Gasteiger partial charge in [-0.3, -0.25) is 4.79 Å². The van der Waals surface area contributed by atoms with Gasteiger partial charge in [0.1, 0.15) is 5.69 Å². The van der Waals surface area contributed by atoms with Crippen molar-refractivity contribution < 1.29 is 30.5 Å². The zero-order valence-corrected chi connectivity index (χ0v) is 16.1. The molecule has 0 aliphatic carbocycles. The van der Waals surface area contributed by atoms with Crippen LogP contribution in [0.2, 0.25) is 0 Å². The number of quaternary nitrogens is 1. The Kier molecular flexibility index (Phi) is 6.77. The van der Waals surface area contributed by atoms with E-state index in [1.807, 2.05) is 18.2 Å². The second-order valence-corrected chi connectivity index (χ2v) is 8.02. The Labute approximate surface area is 160 Å². The third-order valence-corrected chi connectivity index (χ3v) is 6.23. The lowest BCUT2D eigenvalue weighted by Crippen LogP contribution is -3.10. The first-order valence-corrected chi connectivity index (χ1v) is 9.69. The maximum atomic E-state index is 12.8. The highest BCUT2D eigenvalue weighted by Crippen LogP contribution is 2.18. The lowest BCUT2D eigenvalue weighted by atomic mass is 10.2. The smallest absolute Gasteiger partial charge is 0.243 e. The van der Waals surface area contributed by atoms with E-state index in [9.17, 15) is 13.2 Å². The summed E-state index contributed by atoms with van der Waals surface area (Å²) in [5, 5.41) is 2.64. The van der Waals surface area contributed by atoms with Crippen molar-refractivity contribution in [1.29, 1.82) is 0 Å². The molecular formula is C18H22ClN3O3S. The van der Waals surface area contributed by atoms with Gasteiger partial charge >= 0.3 is 0 Å². The van der Waals surface area contributed by atoms with Crippen LogP contribution in [0.15, 0.2) is 59.5 Å². The van der Waals surface area contributed by atoms with Crippen molar-refractivity contribution in [1.82, 2.24) is 4.31 Å². The maximum absolute atomic E-state index is 12.8. The SMILES string of the molecule is CC(=O)Nc1ccc(S(=O)(=O)N2CC[NH+](c3ccccc3)CC2)cc1.[Cl-]. The second-order valence-electron chi connectivity index (χ2n) is 6.08. The Balaban J connectivity index is 0.00000243. The third-order valence-electron chi connectivity index (χ3n) is 4.32. The zero-order valence-electron chi connectivity index (χ0n) is 14.5. The number of nitrogens with zero attached hydrogens (tertiary/aromatic N) is 1. The average Bonchev–Trinajstić information content (AvgIpc) is 2.62. The van der Waals surface area contributed by atoms with Gasteiger partial charge in [-0.15, -0.1) is 0 Å². The molecule has 0 radical (unpaired) electrons. The normalized spacial score (nSPS) is 15.9. The van der Waals surface area contributed by atoms with Crippen molar-refractivity contribution >= 4 is 27.3 Å². The molecule has 1 aliphatic rings. The van der Waals surface area contributed by atoms with E-state index < -0.39 is 10.0 Å². The van der Waals surface area contributed by atoms with Gasteiger partial charge in [0.25, 0.3) is 0 Å². The second kappa shape index (κ2) is 8.64. The molecule has 1 aliphatic heterocycles. The monoisotopic (exact) mass is 395 g/mol. The summed E-state index contributed by atoms with van der Waals surface area (Å²) in [6.45, 7) is 3.87. The van der Waals surface area contributed by atoms with Crippen LogP contribution < -0.4 is 22.6 Å². The van der Waals surface area contributed by atoms with Crippen LogP contribution in [-0.4, -0.2) is 44.8 Å². The highest BCUT2D eigenvalue weighted by molar-refractivity contribution is 7.89. The zero-order chi connectivity index (χ0) is 17.9. The van der Waals surface area contributed by atoms with E-state index >= 15 is 0 Å². The number of carbonyl (C=O) groups excluding carboxylic acids is 1. The molecule has 1 heterocycles. The highest BCUT2D eigenvalue weighted by Gasteiger charge is 2.30. The summed E-state index contributed by atoms with van der Waals surface area (Å²) in [6.07, 6.45) is 0. The Morgan fingerprint density at radius 2 is 1.58 bits per heavy atom. The predicted octanol–water partition coefficient (Wildman–Crippen LogP) is -2.13. The quantitative estimate of drug-likeness (QED) is 0.621. The molecule has 140 valence electrons. The predicted molar refractivity (Wildman–Crippen MR) is 96.3 cm³/mol. The Morgan fingerprint density at radius 3 is 2.12 bits per heavy atom. The Hall–Kier alpha value is -1.93. The molecule has 8 heteroatoms. The number of anilines is 1. The lowest BCUT2D eigenvalue weighted by Gasteiger charge is -2.31. The first-order valence-electron chi connectivity index (χ1n) is 8.25. The van der Waals surface area contributed by atoms with E-state index in [-0.39, 0.29) is 23.2 Å². The van der Waals surface area contributed by atoms with Gasteiger partial charge in [0.05, 0.1) is 31.1 Å². The molecule has 0 bridgehead atoms. The third kappa shape index (κ3) is 4.62. The molecule has 0 spiro atoms. The fourth-order valence-corrected chi connectivity index (χ4v) is 4.46. The molecule has 0 aromatic heterocycles. The van der Waals surface area contributed by atoms with Crippen molar-refractivity contribution in [2.45, 2.75) is 11.8 Å². The minimum atomic E-state index is -3.51. The van der Waals surface area contributed by atoms with Gasteiger partial charge < -0.3 is 22.6 Å². The number of amides is 1. The topological polar surface area (TPSA) is 70.9 Å². The van der Waals surface area contributed by atoms with Crippen LogP contribution in [0, 0.1) is 0 Å². The first kappa shape index (κ1) is 20.4. The number of halogens is 1. The molecule has 0 saturated carbocycles. The number of rotatable bonds is 4. The van der Waals surface area contributed by atoms with Crippen LogP contribution in [0.25, 0.3) is 0 Å². The summed E-state index contributed by atoms with van der Waals surface area (Å²) in [4.78, 5) is 12.6. The number of para-hydroxylation sites is 1. The van der Waals surface area contributed by atoms with E-state index in [1.165, 1.54) is 33.9 Å². The molecule has 1 saturated heterocycles. The Morgan fingerprint density at radius 1 is 1.00 bits per heavy atom. The fourth-order valence-electron chi connectivity index (χ4n) is 3.02. The van der Waals surface area contributed by atoms with Crippen LogP contribution >= 0.6 is 0 Å². The van der Waals surface area contributed by atoms with Gasteiger partial charge in [0.2, 0.25) is 15.9 Å². The summed E-state index contributed by atoms with van der Waals surface area (Å²) >= 11 is 0. The minimum absolute atomic E-state index is 0. The van der Waals surface area contributed by atoms with Crippen molar-refractivity contribution in [3.05, 3.63) is 54.6 Å². The first-order chi connectivity index (χ1) is 12.0. The summed E-state index contributed by atoms with van der Waals surface area (Å²) in [5.74, 6) is -0.185. The lowest BCUT2D eigenvalue weighted by molar-refractivity contribution is -0.837. The Bertz CT molecular complexity index is 834. The molecule has 1 amide bonds. The molecule has 6 nitrogen and oxygen atoms in total. The van der Waals surface area contributed by atoms with Gasteiger partial charge in [-0.2, -0.15) is 4.31 Å². The average molecular weight is 396 g/mol. The van der Waals surface area contributed by atoms with Crippen molar-refractivity contribution in [2.24, 2.45) is 0 Å². The van der Waals surface area contributed by atoms with E-state index in [2.05, 4.69) is 17.4 Å². The van der Waals surface area contributed by atoms with Crippen molar-refractivity contribution in [3.63, 3.8) is 0 Å². The van der Waals surface area contributed by atoms with Gasteiger partial charge in [-0.1, -0.05) is 18.2 Å². The number of sulfonamides is 1. The number of benzene rings is 2. The van der Waals surface area contributed by atoms with E-state index in [1.54, 1.807) is 12.1 Å². The molecule has 3 rings (SSSR count). The van der Waals surface area contributed by atoms with Crippen LogP contribution in [0.3, 0.4) is 0 Å². The van der Waals surface area contributed by atoms with Crippen molar-refractivity contribution in [3.8, 4) is 0 Å². The number of hydrogen-bond donors (Lipinski definition) is 2. The fraction of sp³-hybridized carbons (Fsp3) is 0.278. The molecule has 2 N–H and O–H groups in total. The maximum Gasteiger partial charge on any atom is 0.243 e. The summed E-state index contributed by atoms with van der Waals surface area (Å²) in [5.41, 5.74) is 1.78. The highest BCUT2D eigenvalue weighted by atomic mass is 35.5. The van der Waals surface area contributed by atoms with Gasteiger partial charge in [0.15, 0.2) is 0 Å². The molecule has 26 heavy (non-hydrogen) atoms. The standard InChI is InChI=1S/C18H21N3O3S.ClH/c1-15(22)19-16-7-9-18(10-8-16)25(23,24)21-13-11-20(12-14-21)17-5-3-2-4-6-17;/h2-10H,11-14H2,1H3,(H,19,22);1H. The number of piperazine rings is 1.